The molecule has 0 bridgehead atoms. The van der Waals surface area contributed by atoms with E-state index in [2.05, 4.69) is 16.4 Å². The molecular formula is C11H8FN3S. The maximum Gasteiger partial charge on any atom is 0.141 e. The van der Waals surface area contributed by atoms with Gasteiger partial charge in [-0.2, -0.15) is 5.26 Å². The zero-order valence-corrected chi connectivity index (χ0v) is 9.09. The molecule has 0 amide bonds. The lowest BCUT2D eigenvalue weighted by Crippen LogP contribution is -1.99. The van der Waals surface area contributed by atoms with E-state index in [-0.39, 0.29) is 5.82 Å². The number of aromatic nitrogens is 1. The van der Waals surface area contributed by atoms with Gasteiger partial charge in [0, 0.05) is 4.88 Å². The largest absolute Gasteiger partial charge is 0.365 e. The molecule has 1 N–H and O–H groups in total. The molecule has 0 aliphatic rings. The first-order valence-corrected chi connectivity index (χ1v) is 5.44. The Kier molecular flexibility index (Phi) is 3.13. The third-order valence-electron chi connectivity index (χ3n) is 1.94. The Balaban J connectivity index is 1.97. The number of nitrogens with one attached hydrogen (secondary N) is 1. The molecular weight excluding hydrogens is 225 g/mol. The highest BCUT2D eigenvalue weighted by Crippen LogP contribution is 2.16. The number of nitriles is 1. The smallest absolute Gasteiger partial charge is 0.141 e. The summed E-state index contributed by atoms with van der Waals surface area (Å²) in [6.07, 6.45) is 1.16. The van der Waals surface area contributed by atoms with Gasteiger partial charge in [0.05, 0.1) is 12.7 Å². The number of hydrogen-bond donors (Lipinski definition) is 1. The van der Waals surface area contributed by atoms with Gasteiger partial charge in [0.1, 0.15) is 22.6 Å². The number of halogens is 1. The maximum atomic E-state index is 12.6. The van der Waals surface area contributed by atoms with Crippen LogP contribution < -0.4 is 5.32 Å². The Bertz CT molecular complexity index is 513. The summed E-state index contributed by atoms with van der Waals surface area (Å²) < 4.78 is 12.6. The molecule has 2 rings (SSSR count). The first-order chi connectivity index (χ1) is 7.78. The number of nitrogens with zero attached hydrogens (tertiary/aromatic N) is 2. The highest BCUT2D eigenvalue weighted by Gasteiger charge is 1.99. The second-order valence-corrected chi connectivity index (χ2v) is 4.26. The molecule has 0 atom stereocenters. The average Bonchev–Trinajstić information content (AvgIpc) is 2.76. The summed E-state index contributed by atoms with van der Waals surface area (Å²) in [6.45, 7) is 0.588. The van der Waals surface area contributed by atoms with Crippen LogP contribution in [0.1, 0.15) is 9.75 Å². The van der Waals surface area contributed by atoms with Crippen molar-refractivity contribution in [1.82, 2.24) is 4.98 Å². The van der Waals surface area contributed by atoms with Crippen molar-refractivity contribution < 1.29 is 4.39 Å². The van der Waals surface area contributed by atoms with Gasteiger partial charge in [-0.3, -0.25) is 0 Å². The molecule has 0 unspecified atom stereocenters. The Hall–Kier alpha value is -1.93. The third kappa shape index (κ3) is 2.55. The summed E-state index contributed by atoms with van der Waals surface area (Å²) in [6, 6.07) is 8.67. The molecule has 0 spiro atoms. The summed E-state index contributed by atoms with van der Waals surface area (Å²) >= 11 is 1.43. The van der Waals surface area contributed by atoms with Gasteiger partial charge in [0.2, 0.25) is 0 Å². The van der Waals surface area contributed by atoms with Crippen molar-refractivity contribution in [2.75, 3.05) is 5.32 Å². The minimum Gasteiger partial charge on any atom is -0.365 e. The minimum atomic E-state index is -0.353. The van der Waals surface area contributed by atoms with E-state index in [1.807, 2.05) is 6.07 Å². The van der Waals surface area contributed by atoms with Crippen molar-refractivity contribution in [2.24, 2.45) is 0 Å². The van der Waals surface area contributed by atoms with Crippen LogP contribution >= 0.6 is 11.3 Å². The summed E-state index contributed by atoms with van der Waals surface area (Å²) in [7, 11) is 0. The number of rotatable bonds is 3. The topological polar surface area (TPSA) is 48.7 Å². The molecule has 80 valence electrons. The van der Waals surface area contributed by atoms with Crippen molar-refractivity contribution in [1.29, 1.82) is 5.26 Å². The van der Waals surface area contributed by atoms with Crippen LogP contribution in [0, 0.1) is 17.1 Å². The Morgan fingerprint density at radius 1 is 1.38 bits per heavy atom. The fraction of sp³-hybridized carbons (Fsp3) is 0.0909. The fourth-order valence-electron chi connectivity index (χ4n) is 1.19. The van der Waals surface area contributed by atoms with Crippen molar-refractivity contribution in [3.8, 4) is 6.07 Å². The highest BCUT2D eigenvalue weighted by molar-refractivity contribution is 7.12. The molecule has 0 saturated carbocycles. The molecule has 16 heavy (non-hydrogen) atoms. The van der Waals surface area contributed by atoms with Gasteiger partial charge in [0.25, 0.3) is 0 Å². The van der Waals surface area contributed by atoms with Crippen LogP contribution in [-0.2, 0) is 6.54 Å². The van der Waals surface area contributed by atoms with Crippen molar-refractivity contribution >= 4 is 17.2 Å². The molecule has 0 aliphatic carbocycles. The normalized spacial score (nSPS) is 9.75. The van der Waals surface area contributed by atoms with E-state index in [0.717, 1.165) is 11.1 Å². The van der Waals surface area contributed by atoms with Crippen LogP contribution in [0.2, 0.25) is 0 Å². The second kappa shape index (κ2) is 4.73. The molecule has 0 fully saturated rings. The molecule has 0 aromatic carbocycles. The highest BCUT2D eigenvalue weighted by atomic mass is 32.1. The van der Waals surface area contributed by atoms with E-state index in [1.54, 1.807) is 12.1 Å². The Morgan fingerprint density at radius 2 is 2.25 bits per heavy atom. The lowest BCUT2D eigenvalue weighted by molar-refractivity contribution is 0.621. The summed E-state index contributed by atoms with van der Waals surface area (Å²) in [5.41, 5.74) is 0. The number of hydrogen-bond acceptors (Lipinski definition) is 4. The predicted octanol–water partition coefficient (Wildman–Crippen LogP) is 2.77. The van der Waals surface area contributed by atoms with Crippen LogP contribution in [0.3, 0.4) is 0 Å². The Morgan fingerprint density at radius 3 is 2.88 bits per heavy atom. The van der Waals surface area contributed by atoms with Gasteiger partial charge >= 0.3 is 0 Å². The number of anilines is 1. The van der Waals surface area contributed by atoms with E-state index in [9.17, 15) is 4.39 Å². The first-order valence-electron chi connectivity index (χ1n) is 4.62. The summed E-state index contributed by atoms with van der Waals surface area (Å²) in [5, 5.41) is 11.7. The lowest BCUT2D eigenvalue weighted by Gasteiger charge is -2.02. The summed E-state index contributed by atoms with van der Waals surface area (Å²) in [4.78, 5) is 5.60. The first kappa shape index (κ1) is 10.6. The Labute approximate surface area is 96.2 Å². The van der Waals surface area contributed by atoms with Crippen molar-refractivity contribution in [3.05, 3.63) is 46.0 Å². The van der Waals surface area contributed by atoms with Gasteiger partial charge in [-0.05, 0) is 24.3 Å². The van der Waals surface area contributed by atoms with Crippen molar-refractivity contribution in [3.63, 3.8) is 0 Å². The van der Waals surface area contributed by atoms with E-state index >= 15 is 0 Å². The molecule has 0 aliphatic heterocycles. The minimum absolute atomic E-state index is 0.353. The van der Waals surface area contributed by atoms with Crippen LogP contribution in [0.4, 0.5) is 10.2 Å². The molecule has 5 heteroatoms. The zero-order valence-electron chi connectivity index (χ0n) is 8.27. The second-order valence-electron chi connectivity index (χ2n) is 3.09. The quantitative estimate of drug-likeness (QED) is 0.886. The standard InChI is InChI=1S/C11H8FN3S/c12-8-1-4-11(14-6-8)15-7-10-3-2-9(5-13)16-10/h1-4,6H,7H2,(H,14,15). The third-order valence-corrected chi connectivity index (χ3v) is 2.93. The number of thiophene rings is 1. The van der Waals surface area contributed by atoms with Gasteiger partial charge in [-0.1, -0.05) is 0 Å². The van der Waals surface area contributed by atoms with Gasteiger partial charge in [0.15, 0.2) is 0 Å². The lowest BCUT2D eigenvalue weighted by atomic mass is 10.4. The van der Waals surface area contributed by atoms with Crippen LogP contribution in [-0.4, -0.2) is 4.98 Å². The summed E-state index contributed by atoms with van der Waals surface area (Å²) in [5.74, 6) is 0.266. The predicted molar refractivity (Wildman–Crippen MR) is 60.6 cm³/mol. The van der Waals surface area contributed by atoms with E-state index in [1.165, 1.54) is 17.4 Å². The monoisotopic (exact) mass is 233 g/mol. The molecule has 3 nitrogen and oxygen atoms in total. The van der Waals surface area contributed by atoms with Gasteiger partial charge < -0.3 is 5.32 Å². The molecule has 0 radical (unpaired) electrons. The molecule has 2 heterocycles. The molecule has 0 saturated heterocycles. The van der Waals surface area contributed by atoms with Crippen LogP contribution in [0.25, 0.3) is 0 Å². The average molecular weight is 233 g/mol. The van der Waals surface area contributed by atoms with Crippen molar-refractivity contribution in [2.45, 2.75) is 6.54 Å². The zero-order chi connectivity index (χ0) is 11.4. The van der Waals surface area contributed by atoms with Gasteiger partial charge in [-0.15, -0.1) is 11.3 Å². The van der Waals surface area contributed by atoms with E-state index in [4.69, 9.17) is 5.26 Å². The van der Waals surface area contributed by atoms with Crippen LogP contribution in [0.15, 0.2) is 30.5 Å². The fourth-order valence-corrected chi connectivity index (χ4v) is 1.94. The van der Waals surface area contributed by atoms with E-state index < -0.39 is 0 Å². The van der Waals surface area contributed by atoms with Crippen LogP contribution in [0.5, 0.6) is 0 Å². The number of pyridine rings is 1. The maximum absolute atomic E-state index is 12.6. The molecule has 2 aromatic rings. The molecule has 2 aromatic heterocycles. The SMILES string of the molecule is N#Cc1ccc(CNc2ccc(F)cn2)s1. The van der Waals surface area contributed by atoms with E-state index in [0.29, 0.717) is 17.2 Å². The van der Waals surface area contributed by atoms with Gasteiger partial charge in [-0.25, -0.2) is 9.37 Å².